The Morgan fingerprint density at radius 2 is 2.12 bits per heavy atom. The van der Waals surface area contributed by atoms with Gasteiger partial charge in [-0.15, -0.1) is 11.8 Å². The standard InChI is InChI=1S/C9H14N2O4S2/c1-6-7(9(12)13)8(11(2)10-6)16-4-5-17(3,14)15/h4-5H2,1-3H3,(H,12,13). The molecule has 8 heteroatoms. The van der Waals surface area contributed by atoms with Gasteiger partial charge < -0.3 is 5.11 Å². The smallest absolute Gasteiger partial charge is 0.340 e. The van der Waals surface area contributed by atoms with Gasteiger partial charge >= 0.3 is 5.97 Å². The first-order chi connectivity index (χ1) is 7.72. The second-order valence-electron chi connectivity index (χ2n) is 3.67. The molecular formula is C9H14N2O4S2. The molecule has 0 saturated heterocycles. The Hall–Kier alpha value is -1.02. The number of nitrogens with zero attached hydrogens (tertiary/aromatic N) is 2. The van der Waals surface area contributed by atoms with Gasteiger partial charge in [-0.2, -0.15) is 5.10 Å². The lowest BCUT2D eigenvalue weighted by Crippen LogP contribution is -2.07. The third-order valence-electron chi connectivity index (χ3n) is 2.08. The van der Waals surface area contributed by atoms with Crippen molar-refractivity contribution in [1.29, 1.82) is 0 Å². The molecule has 96 valence electrons. The van der Waals surface area contributed by atoms with Crippen LogP contribution in [0.4, 0.5) is 0 Å². The molecule has 0 saturated carbocycles. The Balaban J connectivity index is 2.87. The SMILES string of the molecule is Cc1nn(C)c(SCCS(C)(=O)=O)c1C(=O)O. The van der Waals surface area contributed by atoms with Gasteiger partial charge in [-0.3, -0.25) is 4.68 Å². The molecule has 0 radical (unpaired) electrons. The van der Waals surface area contributed by atoms with Crippen molar-refractivity contribution in [2.75, 3.05) is 17.8 Å². The Morgan fingerprint density at radius 3 is 2.59 bits per heavy atom. The number of hydrogen-bond donors (Lipinski definition) is 1. The lowest BCUT2D eigenvalue weighted by Gasteiger charge is -2.02. The topological polar surface area (TPSA) is 89.3 Å². The molecule has 0 amide bonds. The molecule has 0 unspecified atom stereocenters. The molecule has 0 aliphatic rings. The Labute approximate surface area is 104 Å². The van der Waals surface area contributed by atoms with E-state index >= 15 is 0 Å². The van der Waals surface area contributed by atoms with Crippen molar-refractivity contribution in [1.82, 2.24) is 9.78 Å². The fraction of sp³-hybridized carbons (Fsp3) is 0.556. The van der Waals surface area contributed by atoms with E-state index in [4.69, 9.17) is 5.11 Å². The predicted molar refractivity (Wildman–Crippen MR) is 65.3 cm³/mol. The van der Waals surface area contributed by atoms with Crippen LogP contribution < -0.4 is 0 Å². The van der Waals surface area contributed by atoms with Crippen molar-refractivity contribution in [2.24, 2.45) is 7.05 Å². The van der Waals surface area contributed by atoms with E-state index in [1.807, 2.05) is 0 Å². The van der Waals surface area contributed by atoms with Gasteiger partial charge in [0.05, 0.1) is 11.4 Å². The minimum absolute atomic E-state index is 0.0148. The zero-order valence-corrected chi connectivity index (χ0v) is 11.4. The van der Waals surface area contributed by atoms with Gasteiger partial charge in [0, 0.05) is 19.1 Å². The summed E-state index contributed by atoms with van der Waals surface area (Å²) < 4.78 is 23.4. The number of carbonyl (C=O) groups is 1. The van der Waals surface area contributed by atoms with Crippen LogP contribution in [-0.4, -0.2) is 47.0 Å². The Morgan fingerprint density at radius 1 is 1.53 bits per heavy atom. The van der Waals surface area contributed by atoms with Crippen molar-refractivity contribution in [3.05, 3.63) is 11.3 Å². The third kappa shape index (κ3) is 3.74. The number of aromatic nitrogens is 2. The highest BCUT2D eigenvalue weighted by Crippen LogP contribution is 2.24. The number of carboxylic acid groups (broad SMARTS) is 1. The van der Waals surface area contributed by atoms with Crippen molar-refractivity contribution >= 4 is 27.6 Å². The Bertz CT molecular complexity index is 533. The predicted octanol–water partition coefficient (Wildman–Crippen LogP) is 0.563. The second-order valence-corrected chi connectivity index (χ2v) is 7.02. The molecule has 0 fully saturated rings. The van der Waals surface area contributed by atoms with Crippen LogP contribution in [0.2, 0.25) is 0 Å². The molecule has 0 bridgehead atoms. The van der Waals surface area contributed by atoms with E-state index in [1.165, 1.54) is 16.4 Å². The Kier molecular flexibility index (Phi) is 4.21. The normalized spacial score (nSPS) is 11.7. The maximum absolute atomic E-state index is 11.0. The first kappa shape index (κ1) is 14.0. The fourth-order valence-corrected chi connectivity index (χ4v) is 3.68. The molecule has 1 heterocycles. The van der Waals surface area contributed by atoms with Crippen LogP contribution >= 0.6 is 11.8 Å². The van der Waals surface area contributed by atoms with Crippen molar-refractivity contribution in [3.63, 3.8) is 0 Å². The van der Waals surface area contributed by atoms with Crippen LogP contribution in [0.3, 0.4) is 0 Å². The number of hydrogen-bond acceptors (Lipinski definition) is 5. The van der Waals surface area contributed by atoms with E-state index in [0.717, 1.165) is 6.26 Å². The van der Waals surface area contributed by atoms with Gasteiger partial charge in [-0.1, -0.05) is 0 Å². The zero-order valence-electron chi connectivity index (χ0n) is 9.80. The maximum atomic E-state index is 11.0. The van der Waals surface area contributed by atoms with E-state index in [-0.39, 0.29) is 11.3 Å². The lowest BCUT2D eigenvalue weighted by molar-refractivity contribution is 0.0692. The quantitative estimate of drug-likeness (QED) is 0.792. The summed E-state index contributed by atoms with van der Waals surface area (Å²) in [6.07, 6.45) is 1.15. The molecule has 0 aromatic carbocycles. The van der Waals surface area contributed by atoms with E-state index < -0.39 is 15.8 Å². The maximum Gasteiger partial charge on any atom is 0.340 e. The van der Waals surface area contributed by atoms with Crippen molar-refractivity contribution in [3.8, 4) is 0 Å². The van der Waals surface area contributed by atoms with Gasteiger partial charge in [0.1, 0.15) is 20.4 Å². The highest BCUT2D eigenvalue weighted by Gasteiger charge is 2.20. The molecule has 0 aliphatic heterocycles. The monoisotopic (exact) mass is 278 g/mol. The summed E-state index contributed by atoms with van der Waals surface area (Å²) in [4.78, 5) is 11.0. The van der Waals surface area contributed by atoms with Gasteiger partial charge in [0.25, 0.3) is 0 Å². The summed E-state index contributed by atoms with van der Waals surface area (Å²) in [5.74, 6) is -0.712. The zero-order chi connectivity index (χ0) is 13.2. The summed E-state index contributed by atoms with van der Waals surface area (Å²) >= 11 is 1.19. The van der Waals surface area contributed by atoms with E-state index in [2.05, 4.69) is 5.10 Å². The molecule has 0 spiro atoms. The number of carboxylic acids is 1. The summed E-state index contributed by atoms with van der Waals surface area (Å²) in [6.45, 7) is 1.62. The highest BCUT2D eigenvalue weighted by molar-refractivity contribution is 8.00. The summed E-state index contributed by atoms with van der Waals surface area (Å²) in [7, 11) is -1.39. The molecule has 1 rings (SSSR count). The van der Waals surface area contributed by atoms with Gasteiger partial charge in [-0.05, 0) is 6.92 Å². The molecular weight excluding hydrogens is 264 g/mol. The minimum atomic E-state index is -3.03. The molecule has 0 atom stereocenters. The van der Waals surface area contributed by atoms with Gasteiger partial charge in [0.2, 0.25) is 0 Å². The van der Waals surface area contributed by atoms with Gasteiger partial charge in [-0.25, -0.2) is 13.2 Å². The van der Waals surface area contributed by atoms with Crippen molar-refractivity contribution in [2.45, 2.75) is 11.9 Å². The van der Waals surface area contributed by atoms with E-state index in [1.54, 1.807) is 14.0 Å². The average Bonchev–Trinajstić information content (AvgIpc) is 2.39. The molecule has 1 N–H and O–H groups in total. The first-order valence-electron chi connectivity index (χ1n) is 4.80. The average molecular weight is 278 g/mol. The fourth-order valence-electron chi connectivity index (χ4n) is 1.34. The van der Waals surface area contributed by atoms with Crippen LogP contribution in [-0.2, 0) is 16.9 Å². The molecule has 1 aromatic heterocycles. The second kappa shape index (κ2) is 5.09. The summed E-state index contributed by atoms with van der Waals surface area (Å²) in [5, 5.41) is 13.5. The molecule has 17 heavy (non-hydrogen) atoms. The number of aromatic carboxylic acids is 1. The van der Waals surface area contributed by atoms with Crippen LogP contribution in [0, 0.1) is 6.92 Å². The minimum Gasteiger partial charge on any atom is -0.478 e. The molecule has 6 nitrogen and oxygen atoms in total. The summed E-state index contributed by atoms with van der Waals surface area (Å²) in [6, 6.07) is 0. The van der Waals surface area contributed by atoms with Crippen LogP contribution in [0.25, 0.3) is 0 Å². The number of rotatable bonds is 5. The molecule has 1 aromatic rings. The molecule has 0 aliphatic carbocycles. The van der Waals surface area contributed by atoms with Crippen LogP contribution in [0.5, 0.6) is 0 Å². The lowest BCUT2D eigenvalue weighted by atomic mass is 10.3. The van der Waals surface area contributed by atoms with Crippen LogP contribution in [0.15, 0.2) is 5.03 Å². The van der Waals surface area contributed by atoms with Crippen LogP contribution in [0.1, 0.15) is 16.1 Å². The number of thioether (sulfide) groups is 1. The van der Waals surface area contributed by atoms with Crippen molar-refractivity contribution < 1.29 is 18.3 Å². The van der Waals surface area contributed by atoms with E-state index in [0.29, 0.717) is 16.5 Å². The number of aryl methyl sites for hydroxylation is 2. The van der Waals surface area contributed by atoms with E-state index in [9.17, 15) is 13.2 Å². The number of sulfone groups is 1. The highest BCUT2D eigenvalue weighted by atomic mass is 32.2. The third-order valence-corrected chi connectivity index (χ3v) is 4.43. The summed E-state index contributed by atoms with van der Waals surface area (Å²) in [5.41, 5.74) is 0.577. The largest absolute Gasteiger partial charge is 0.478 e. The van der Waals surface area contributed by atoms with Gasteiger partial charge in [0.15, 0.2) is 0 Å². The first-order valence-corrected chi connectivity index (χ1v) is 7.84.